The highest BCUT2D eigenvalue weighted by Crippen LogP contribution is 2.25. The van der Waals surface area contributed by atoms with Gasteiger partial charge in [-0.15, -0.1) is 6.58 Å². The fourth-order valence-electron chi connectivity index (χ4n) is 2.96. The van der Waals surface area contributed by atoms with Crippen LogP contribution in [0, 0.1) is 0 Å². The molecule has 0 saturated heterocycles. The summed E-state index contributed by atoms with van der Waals surface area (Å²) in [5.41, 5.74) is 1.50. The van der Waals surface area contributed by atoms with Gasteiger partial charge < -0.3 is 15.2 Å². The molecule has 2 heterocycles. The first-order valence-corrected chi connectivity index (χ1v) is 9.01. The molecule has 1 aliphatic rings. The van der Waals surface area contributed by atoms with Crippen LogP contribution in [-0.4, -0.2) is 27.9 Å². The molecule has 3 rings (SSSR count). The second kappa shape index (κ2) is 7.93. The topological polar surface area (TPSA) is 76.0 Å². The summed E-state index contributed by atoms with van der Waals surface area (Å²) in [5.74, 6) is -0.467. The highest BCUT2D eigenvalue weighted by molar-refractivity contribution is 6.35. The molecule has 0 bridgehead atoms. The molecule has 0 spiro atoms. The van der Waals surface area contributed by atoms with Crippen molar-refractivity contribution in [2.24, 2.45) is 0 Å². The molecule has 2 amide bonds. The van der Waals surface area contributed by atoms with Gasteiger partial charge in [-0.25, -0.2) is 4.98 Å². The van der Waals surface area contributed by atoms with Gasteiger partial charge in [-0.2, -0.15) is 0 Å². The van der Waals surface area contributed by atoms with Gasteiger partial charge >= 0.3 is 0 Å². The molecule has 0 fully saturated rings. The van der Waals surface area contributed by atoms with E-state index in [0.29, 0.717) is 35.2 Å². The predicted octanol–water partition coefficient (Wildman–Crippen LogP) is 3.69. The highest BCUT2D eigenvalue weighted by Gasteiger charge is 2.27. The molecule has 8 heteroatoms. The summed E-state index contributed by atoms with van der Waals surface area (Å²) in [7, 11) is 0. The van der Waals surface area contributed by atoms with Crippen LogP contribution in [0.2, 0.25) is 10.0 Å². The molecule has 136 valence electrons. The molecule has 0 saturated carbocycles. The Morgan fingerprint density at radius 3 is 2.62 bits per heavy atom. The van der Waals surface area contributed by atoms with E-state index in [1.165, 1.54) is 0 Å². The Bertz CT molecular complexity index is 856. The smallest absolute Gasteiger partial charge is 0.287 e. The van der Waals surface area contributed by atoms with Crippen LogP contribution in [0.25, 0.3) is 0 Å². The molecule has 6 nitrogen and oxygen atoms in total. The van der Waals surface area contributed by atoms with Crippen molar-refractivity contribution in [2.45, 2.75) is 25.8 Å². The number of hydrogen-bond donors (Lipinski definition) is 2. The molecule has 2 aromatic rings. The fourth-order valence-corrected chi connectivity index (χ4v) is 3.48. The minimum Gasteiger partial charge on any atom is -0.346 e. The zero-order valence-corrected chi connectivity index (χ0v) is 15.5. The summed E-state index contributed by atoms with van der Waals surface area (Å²) in [5, 5.41) is 6.30. The summed E-state index contributed by atoms with van der Waals surface area (Å²) < 4.78 is 1.82. The van der Waals surface area contributed by atoms with Crippen LogP contribution in [0.1, 0.15) is 39.6 Å². The first-order valence-electron chi connectivity index (χ1n) is 8.25. The Balaban J connectivity index is 1.91. The van der Waals surface area contributed by atoms with E-state index in [0.717, 1.165) is 18.5 Å². The SMILES string of the molecule is C=CCNC(=O)c1nc(C(=O)Nc2cc(Cl)cc(Cl)c2)c2n1CCCC2. The molecule has 2 N–H and O–H groups in total. The van der Waals surface area contributed by atoms with E-state index in [9.17, 15) is 9.59 Å². The highest BCUT2D eigenvalue weighted by atomic mass is 35.5. The molecule has 0 atom stereocenters. The first-order chi connectivity index (χ1) is 12.5. The number of benzene rings is 1. The van der Waals surface area contributed by atoms with Crippen molar-refractivity contribution in [3.63, 3.8) is 0 Å². The number of anilines is 1. The van der Waals surface area contributed by atoms with Crippen molar-refractivity contribution in [1.82, 2.24) is 14.9 Å². The summed E-state index contributed by atoms with van der Waals surface area (Å²) in [6.45, 7) is 4.58. The molecule has 0 aliphatic carbocycles. The van der Waals surface area contributed by atoms with Crippen LogP contribution in [-0.2, 0) is 13.0 Å². The molecule has 0 radical (unpaired) electrons. The standard InChI is InChI=1S/C18H18Cl2N4O2/c1-2-6-21-18(26)16-23-15(14-5-3-4-7-24(14)16)17(25)22-13-9-11(19)8-12(20)10-13/h2,8-10H,1,3-7H2,(H,21,26)(H,22,25). The van der Waals surface area contributed by atoms with Crippen LogP contribution in [0.5, 0.6) is 0 Å². The summed E-state index contributed by atoms with van der Waals surface area (Å²) in [6, 6.07) is 4.79. The number of amides is 2. The average Bonchev–Trinajstić information content (AvgIpc) is 2.98. The van der Waals surface area contributed by atoms with E-state index in [4.69, 9.17) is 23.2 Å². The molecular weight excluding hydrogens is 375 g/mol. The van der Waals surface area contributed by atoms with Crippen molar-refractivity contribution in [3.8, 4) is 0 Å². The number of nitrogens with zero attached hydrogens (tertiary/aromatic N) is 2. The van der Waals surface area contributed by atoms with E-state index in [1.54, 1.807) is 24.3 Å². The van der Waals surface area contributed by atoms with Crippen LogP contribution >= 0.6 is 23.2 Å². The number of carbonyl (C=O) groups excluding carboxylic acids is 2. The van der Waals surface area contributed by atoms with Crippen molar-refractivity contribution in [2.75, 3.05) is 11.9 Å². The number of carbonyl (C=O) groups is 2. The van der Waals surface area contributed by atoms with E-state index < -0.39 is 5.91 Å². The second-order valence-electron chi connectivity index (χ2n) is 5.95. The average molecular weight is 393 g/mol. The van der Waals surface area contributed by atoms with Crippen molar-refractivity contribution >= 4 is 40.7 Å². The minimum absolute atomic E-state index is 0.246. The number of imidazole rings is 1. The fraction of sp³-hybridized carbons (Fsp3) is 0.278. The monoisotopic (exact) mass is 392 g/mol. The lowest BCUT2D eigenvalue weighted by Crippen LogP contribution is -2.28. The summed E-state index contributed by atoms with van der Waals surface area (Å²) in [4.78, 5) is 29.4. The van der Waals surface area contributed by atoms with Crippen molar-refractivity contribution in [1.29, 1.82) is 0 Å². The maximum Gasteiger partial charge on any atom is 0.287 e. The Hall–Kier alpha value is -2.31. The van der Waals surface area contributed by atoms with Gasteiger partial charge in [-0.05, 0) is 37.5 Å². The van der Waals surface area contributed by atoms with Gasteiger partial charge in [0.1, 0.15) is 0 Å². The number of hydrogen-bond acceptors (Lipinski definition) is 3. The van der Waals surface area contributed by atoms with Crippen molar-refractivity contribution < 1.29 is 9.59 Å². The molecule has 1 aromatic carbocycles. The van der Waals surface area contributed by atoms with E-state index in [-0.39, 0.29) is 17.4 Å². The largest absolute Gasteiger partial charge is 0.346 e. The number of fused-ring (bicyclic) bond motifs is 1. The summed E-state index contributed by atoms with van der Waals surface area (Å²) >= 11 is 11.9. The summed E-state index contributed by atoms with van der Waals surface area (Å²) in [6.07, 6.45) is 4.17. The number of aromatic nitrogens is 2. The minimum atomic E-state index is -0.392. The Kier molecular flexibility index (Phi) is 5.64. The maximum atomic E-state index is 12.7. The van der Waals surface area contributed by atoms with Crippen LogP contribution in [0.4, 0.5) is 5.69 Å². The molecule has 26 heavy (non-hydrogen) atoms. The van der Waals surface area contributed by atoms with Gasteiger partial charge in [0, 0.05) is 28.8 Å². The zero-order valence-electron chi connectivity index (χ0n) is 14.0. The van der Waals surface area contributed by atoms with E-state index in [1.807, 2.05) is 4.57 Å². The third-order valence-electron chi connectivity index (χ3n) is 4.06. The van der Waals surface area contributed by atoms with Gasteiger partial charge in [0.05, 0.1) is 5.69 Å². The zero-order chi connectivity index (χ0) is 18.7. The van der Waals surface area contributed by atoms with Gasteiger partial charge in [0.2, 0.25) is 0 Å². The Labute approximate surface area is 161 Å². The van der Waals surface area contributed by atoms with Gasteiger partial charge in [0.25, 0.3) is 11.8 Å². The maximum absolute atomic E-state index is 12.7. The van der Waals surface area contributed by atoms with Crippen LogP contribution in [0.3, 0.4) is 0 Å². The normalized spacial score (nSPS) is 13.0. The predicted molar refractivity (Wildman–Crippen MR) is 102 cm³/mol. The lowest BCUT2D eigenvalue weighted by Gasteiger charge is -2.17. The number of nitrogens with one attached hydrogen (secondary N) is 2. The third kappa shape index (κ3) is 3.92. The Morgan fingerprint density at radius 2 is 1.92 bits per heavy atom. The van der Waals surface area contributed by atoms with E-state index in [2.05, 4.69) is 22.2 Å². The molecule has 1 aromatic heterocycles. The molecule has 1 aliphatic heterocycles. The third-order valence-corrected chi connectivity index (χ3v) is 4.50. The van der Waals surface area contributed by atoms with E-state index >= 15 is 0 Å². The number of halogens is 2. The van der Waals surface area contributed by atoms with Gasteiger partial charge in [-0.1, -0.05) is 29.3 Å². The number of rotatable bonds is 5. The molecule has 0 unspecified atom stereocenters. The van der Waals surface area contributed by atoms with Gasteiger partial charge in [-0.3, -0.25) is 9.59 Å². The Morgan fingerprint density at radius 1 is 1.19 bits per heavy atom. The van der Waals surface area contributed by atoms with Gasteiger partial charge in [0.15, 0.2) is 11.5 Å². The lowest BCUT2D eigenvalue weighted by molar-refractivity contribution is 0.0942. The van der Waals surface area contributed by atoms with Crippen LogP contribution < -0.4 is 10.6 Å². The lowest BCUT2D eigenvalue weighted by atomic mass is 10.1. The van der Waals surface area contributed by atoms with Crippen LogP contribution in [0.15, 0.2) is 30.9 Å². The second-order valence-corrected chi connectivity index (χ2v) is 6.82. The quantitative estimate of drug-likeness (QED) is 0.761. The molecular formula is C18H18Cl2N4O2. The van der Waals surface area contributed by atoms with Crippen molar-refractivity contribution in [3.05, 3.63) is 58.1 Å². The first kappa shape index (κ1) is 18.5.